The molecule has 0 fully saturated rings. The van der Waals surface area contributed by atoms with Crippen molar-refractivity contribution in [2.75, 3.05) is 65.7 Å². The Balaban J connectivity index is 2.71. The molecule has 0 saturated carbocycles. The highest BCUT2D eigenvalue weighted by Crippen LogP contribution is 2.18. The molecule has 0 aliphatic rings. The Bertz CT molecular complexity index is 1500. The average molecular weight is 1270 g/mol. The molecule has 0 amide bonds. The van der Waals surface area contributed by atoms with E-state index in [1.165, 1.54) is 268 Å². The molecule has 0 atom stereocenters. The van der Waals surface area contributed by atoms with E-state index in [2.05, 4.69) is 61.8 Å². The van der Waals surface area contributed by atoms with Gasteiger partial charge in [-0.1, -0.05) is 334 Å². The summed E-state index contributed by atoms with van der Waals surface area (Å²) in [6.45, 7) is 14.8. The maximum absolute atomic E-state index is 13.0. The molecule has 1 aromatic carbocycles. The molecule has 10 nitrogen and oxygen atoms in total. The molecule has 0 N–H and O–H groups in total. The van der Waals surface area contributed by atoms with Crippen molar-refractivity contribution in [2.24, 2.45) is 0 Å². The van der Waals surface area contributed by atoms with Crippen molar-refractivity contribution in [3.05, 3.63) is 35.4 Å². The van der Waals surface area contributed by atoms with Crippen molar-refractivity contribution in [1.29, 1.82) is 0 Å². The van der Waals surface area contributed by atoms with Crippen LogP contribution >= 0.6 is 0 Å². The Morgan fingerprint density at radius 2 is 0.444 bits per heavy atom. The van der Waals surface area contributed by atoms with Crippen molar-refractivity contribution >= 4 is 23.9 Å². The number of hydrogen-bond donors (Lipinski definition) is 0. The summed E-state index contributed by atoms with van der Waals surface area (Å²) >= 11 is 0. The zero-order chi connectivity index (χ0) is 64.9. The molecular formula is C80H148N2O8. The number of hydrogen-bond acceptors (Lipinski definition) is 10. The van der Waals surface area contributed by atoms with Crippen LogP contribution in [0.5, 0.6) is 0 Å². The maximum atomic E-state index is 13.0. The molecule has 0 unspecified atom stereocenters. The van der Waals surface area contributed by atoms with Gasteiger partial charge in [0.1, 0.15) is 0 Å². The topological polar surface area (TPSA) is 112 Å². The van der Waals surface area contributed by atoms with Gasteiger partial charge in [-0.25, -0.2) is 0 Å². The Morgan fingerprint density at radius 3 is 0.644 bits per heavy atom. The van der Waals surface area contributed by atoms with Crippen molar-refractivity contribution < 1.29 is 38.1 Å². The number of ether oxygens (including phenoxy) is 4. The molecule has 0 saturated heterocycles. The predicted molar refractivity (Wildman–Crippen MR) is 383 cm³/mol. The van der Waals surface area contributed by atoms with Crippen molar-refractivity contribution in [2.45, 2.75) is 387 Å². The molecular weight excluding hydrogens is 1120 g/mol. The van der Waals surface area contributed by atoms with Crippen LogP contribution in [-0.2, 0) is 51.0 Å². The van der Waals surface area contributed by atoms with Crippen molar-refractivity contribution in [3.8, 4) is 0 Å². The van der Waals surface area contributed by atoms with Gasteiger partial charge in [-0.15, -0.1) is 0 Å². The first kappa shape index (κ1) is 85.0. The molecule has 0 heterocycles. The van der Waals surface area contributed by atoms with Crippen LogP contribution in [0, 0.1) is 0 Å². The third-order valence-corrected chi connectivity index (χ3v) is 18.4. The fourth-order valence-corrected chi connectivity index (χ4v) is 12.4. The summed E-state index contributed by atoms with van der Waals surface area (Å²) in [4.78, 5) is 56.4. The monoisotopic (exact) mass is 1270 g/mol. The zero-order valence-electron chi connectivity index (χ0n) is 60.1. The molecule has 0 aliphatic heterocycles. The van der Waals surface area contributed by atoms with E-state index in [0.717, 1.165) is 90.1 Å². The highest BCUT2D eigenvalue weighted by Gasteiger charge is 2.15. The van der Waals surface area contributed by atoms with Crippen LogP contribution in [0.1, 0.15) is 386 Å². The molecule has 0 radical (unpaired) electrons. The Labute approximate surface area is 557 Å². The summed E-state index contributed by atoms with van der Waals surface area (Å²) in [7, 11) is 0. The quantitative estimate of drug-likeness (QED) is 0.0355. The van der Waals surface area contributed by atoms with Gasteiger partial charge in [0, 0.05) is 26.2 Å². The summed E-state index contributed by atoms with van der Waals surface area (Å²) in [6.07, 6.45) is 66.1. The number of carbonyl (C=O) groups is 4. The minimum absolute atomic E-state index is 0.154. The Hall–Kier alpha value is -2.98. The first-order valence-electron chi connectivity index (χ1n) is 39.5. The van der Waals surface area contributed by atoms with E-state index in [9.17, 15) is 19.2 Å². The second-order valence-corrected chi connectivity index (χ2v) is 27.1. The minimum Gasteiger partial charge on any atom is -0.466 e. The fraction of sp³-hybridized carbons (Fsp3) is 0.875. The van der Waals surface area contributed by atoms with E-state index in [4.69, 9.17) is 18.9 Å². The Morgan fingerprint density at radius 1 is 0.256 bits per heavy atom. The highest BCUT2D eigenvalue weighted by atomic mass is 16.5. The number of esters is 4. The van der Waals surface area contributed by atoms with Crippen LogP contribution < -0.4 is 0 Å². The minimum atomic E-state index is -0.154. The van der Waals surface area contributed by atoms with Gasteiger partial charge in [-0.3, -0.25) is 19.2 Å². The van der Waals surface area contributed by atoms with Crippen LogP contribution in [0.2, 0.25) is 0 Å². The van der Waals surface area contributed by atoms with E-state index in [0.29, 0.717) is 78.3 Å². The lowest BCUT2D eigenvalue weighted by Gasteiger charge is -2.22. The Kier molecular flexibility index (Phi) is 65.1. The molecule has 90 heavy (non-hydrogen) atoms. The van der Waals surface area contributed by atoms with Crippen LogP contribution in [0.25, 0.3) is 0 Å². The SMILES string of the molecule is CCCCCCCCCCCCCCOC(=O)CCN(CCCc1cccc(CCCN(CCC(=O)OCCCCCCCCCCCCCC)CCC(=O)OCCCCCCCCCCCCCC)c1)CCC(=O)OCCCCCCCCCCCCCC. The van der Waals surface area contributed by atoms with Crippen LogP contribution in [-0.4, -0.2) is 99.4 Å². The second kappa shape index (κ2) is 68.9. The van der Waals surface area contributed by atoms with Gasteiger partial charge in [0.15, 0.2) is 0 Å². The number of unbranched alkanes of at least 4 members (excludes halogenated alkanes) is 44. The second-order valence-electron chi connectivity index (χ2n) is 27.1. The predicted octanol–water partition coefficient (Wildman–Crippen LogP) is 22.7. The van der Waals surface area contributed by atoms with Gasteiger partial charge in [0.25, 0.3) is 0 Å². The third kappa shape index (κ3) is 61.2. The standard InChI is InChI=1S/C80H148N2O8/c1-5-9-13-17-21-25-29-33-37-41-45-49-70-87-77(83)60-66-81(67-61-78(84)88-71-50-46-42-38-34-30-26-22-18-14-10-6-2)64-54-58-75-56-53-57-76(74-75)59-55-65-82(68-62-79(85)89-72-51-47-43-39-35-31-27-23-19-15-11-7-3)69-63-80(86)90-73-52-48-44-40-36-32-28-24-20-16-12-8-4/h53,56-57,74H,5-52,54-55,58-73H2,1-4H3. The van der Waals surface area contributed by atoms with Crippen LogP contribution in [0.4, 0.5) is 0 Å². The van der Waals surface area contributed by atoms with Gasteiger partial charge in [-0.05, 0) is 75.6 Å². The lowest BCUT2D eigenvalue weighted by atomic mass is 10.0. The summed E-state index contributed by atoms with van der Waals surface area (Å²) in [5.74, 6) is -0.616. The van der Waals surface area contributed by atoms with Gasteiger partial charge in [0.05, 0.1) is 52.1 Å². The van der Waals surface area contributed by atoms with Gasteiger partial charge in [-0.2, -0.15) is 0 Å². The lowest BCUT2D eigenvalue weighted by molar-refractivity contribution is -0.146. The number of benzene rings is 1. The van der Waals surface area contributed by atoms with Crippen molar-refractivity contribution in [3.63, 3.8) is 0 Å². The molecule has 0 aromatic heterocycles. The van der Waals surface area contributed by atoms with Crippen LogP contribution in [0.15, 0.2) is 24.3 Å². The molecule has 1 rings (SSSR count). The normalized spacial score (nSPS) is 11.5. The fourth-order valence-electron chi connectivity index (χ4n) is 12.4. The molecule has 0 spiro atoms. The third-order valence-electron chi connectivity index (χ3n) is 18.4. The molecule has 526 valence electrons. The van der Waals surface area contributed by atoms with E-state index in [-0.39, 0.29) is 23.9 Å². The van der Waals surface area contributed by atoms with Gasteiger partial charge >= 0.3 is 23.9 Å². The van der Waals surface area contributed by atoms with Gasteiger partial charge in [0.2, 0.25) is 0 Å². The number of carbonyl (C=O) groups excluding carboxylic acids is 4. The number of nitrogens with zero attached hydrogens (tertiary/aromatic N) is 2. The van der Waals surface area contributed by atoms with E-state index < -0.39 is 0 Å². The highest BCUT2D eigenvalue weighted by molar-refractivity contribution is 5.71. The first-order chi connectivity index (χ1) is 44.3. The van der Waals surface area contributed by atoms with E-state index in [1.807, 2.05) is 0 Å². The van der Waals surface area contributed by atoms with E-state index >= 15 is 0 Å². The molecule has 0 bridgehead atoms. The maximum Gasteiger partial charge on any atom is 0.307 e. The van der Waals surface area contributed by atoms with Gasteiger partial charge < -0.3 is 28.7 Å². The first-order valence-corrected chi connectivity index (χ1v) is 39.5. The van der Waals surface area contributed by atoms with E-state index in [1.54, 1.807) is 0 Å². The summed E-state index contributed by atoms with van der Waals surface area (Å²) < 4.78 is 22.8. The summed E-state index contributed by atoms with van der Waals surface area (Å²) in [5.41, 5.74) is 2.56. The smallest absolute Gasteiger partial charge is 0.307 e. The molecule has 10 heteroatoms. The summed E-state index contributed by atoms with van der Waals surface area (Å²) in [5, 5.41) is 0. The number of aryl methyl sites for hydroxylation is 2. The zero-order valence-corrected chi connectivity index (χ0v) is 60.1. The van der Waals surface area contributed by atoms with Crippen LogP contribution in [0.3, 0.4) is 0 Å². The molecule has 0 aliphatic carbocycles. The average Bonchev–Trinajstić information content (AvgIpc) is 3.73. The van der Waals surface area contributed by atoms with Crippen molar-refractivity contribution in [1.82, 2.24) is 9.80 Å². The number of rotatable bonds is 72. The molecule has 1 aromatic rings. The largest absolute Gasteiger partial charge is 0.466 e. The summed E-state index contributed by atoms with van der Waals surface area (Å²) in [6, 6.07) is 8.87. The lowest BCUT2D eigenvalue weighted by Crippen LogP contribution is -2.31.